The molecule has 1 aromatic heterocycles. The van der Waals surface area contributed by atoms with Gasteiger partial charge in [-0.05, 0) is 34.7 Å². The van der Waals surface area contributed by atoms with Crippen LogP contribution in [0.25, 0.3) is 0 Å². The number of ether oxygens (including phenoxy) is 1. The Kier molecular flexibility index (Phi) is 4.56. The summed E-state index contributed by atoms with van der Waals surface area (Å²) < 4.78 is 5.76. The maximum atomic E-state index is 6.14. The number of alkyl halides is 1. The van der Waals surface area contributed by atoms with Crippen LogP contribution >= 0.6 is 23.2 Å². The first-order valence-corrected chi connectivity index (χ1v) is 7.30. The topological polar surface area (TPSA) is 22.1 Å². The number of nitrogens with zero attached hydrogens (tertiary/aromatic N) is 1. The Morgan fingerprint density at radius 1 is 1.20 bits per heavy atom. The van der Waals surface area contributed by atoms with Crippen LogP contribution in [0.4, 0.5) is 0 Å². The first-order chi connectivity index (χ1) is 9.40. The van der Waals surface area contributed by atoms with Crippen LogP contribution in [0.3, 0.4) is 0 Å². The molecule has 2 nitrogen and oxygen atoms in total. The smallest absolute Gasteiger partial charge is 0.238 e. The zero-order valence-corrected chi connectivity index (χ0v) is 13.3. The Morgan fingerprint density at radius 2 is 1.95 bits per heavy atom. The highest BCUT2D eigenvalue weighted by Gasteiger charge is 2.14. The van der Waals surface area contributed by atoms with Gasteiger partial charge in [0.2, 0.25) is 5.88 Å². The molecule has 0 aliphatic rings. The standard InChI is InChI=1S/C16H17Cl2NO/c1-16(2,3)12-5-4-6-13(8-12)20-15-14(18)7-11(9-17)10-19-15/h4-8,10H,9H2,1-3H3. The van der Waals surface area contributed by atoms with E-state index in [2.05, 4.69) is 31.8 Å². The van der Waals surface area contributed by atoms with Crippen molar-refractivity contribution >= 4 is 23.2 Å². The Labute approximate surface area is 129 Å². The van der Waals surface area contributed by atoms with E-state index < -0.39 is 0 Å². The third-order valence-corrected chi connectivity index (χ3v) is 3.51. The lowest BCUT2D eigenvalue weighted by atomic mass is 9.87. The molecule has 20 heavy (non-hydrogen) atoms. The lowest BCUT2D eigenvalue weighted by molar-refractivity contribution is 0.459. The number of hydrogen-bond donors (Lipinski definition) is 0. The van der Waals surface area contributed by atoms with Gasteiger partial charge in [-0.3, -0.25) is 0 Å². The van der Waals surface area contributed by atoms with Gasteiger partial charge in [-0.25, -0.2) is 4.98 Å². The molecule has 106 valence electrons. The maximum Gasteiger partial charge on any atom is 0.238 e. The molecule has 2 aromatic rings. The predicted molar refractivity (Wildman–Crippen MR) is 84.0 cm³/mol. The van der Waals surface area contributed by atoms with Crippen molar-refractivity contribution in [3.8, 4) is 11.6 Å². The third kappa shape index (κ3) is 3.65. The quantitative estimate of drug-likeness (QED) is 0.692. The zero-order valence-electron chi connectivity index (χ0n) is 11.8. The molecule has 0 N–H and O–H groups in total. The minimum absolute atomic E-state index is 0.0685. The molecule has 0 aliphatic heterocycles. The van der Waals surface area contributed by atoms with Crippen LogP contribution in [-0.2, 0) is 11.3 Å². The molecule has 0 spiro atoms. The molecule has 0 unspecified atom stereocenters. The first kappa shape index (κ1) is 15.1. The van der Waals surface area contributed by atoms with E-state index in [-0.39, 0.29) is 5.41 Å². The van der Waals surface area contributed by atoms with Crippen molar-refractivity contribution in [2.75, 3.05) is 0 Å². The summed E-state index contributed by atoms with van der Waals surface area (Å²) in [6, 6.07) is 9.72. The SMILES string of the molecule is CC(C)(C)c1cccc(Oc2ncc(CCl)cc2Cl)c1. The Bertz CT molecular complexity index is 606. The second-order valence-corrected chi connectivity index (χ2v) is 6.32. The van der Waals surface area contributed by atoms with Crippen molar-refractivity contribution in [3.63, 3.8) is 0 Å². The summed E-state index contributed by atoms with van der Waals surface area (Å²) >= 11 is 11.9. The third-order valence-electron chi connectivity index (χ3n) is 2.93. The van der Waals surface area contributed by atoms with Crippen molar-refractivity contribution in [1.82, 2.24) is 4.98 Å². The molecule has 1 heterocycles. The molecule has 2 rings (SSSR count). The lowest BCUT2D eigenvalue weighted by Crippen LogP contribution is -2.10. The molecule has 0 fully saturated rings. The minimum Gasteiger partial charge on any atom is -0.438 e. The van der Waals surface area contributed by atoms with Crippen molar-refractivity contribution in [2.24, 2.45) is 0 Å². The van der Waals surface area contributed by atoms with Gasteiger partial charge < -0.3 is 4.74 Å². The highest BCUT2D eigenvalue weighted by molar-refractivity contribution is 6.32. The maximum absolute atomic E-state index is 6.14. The molecule has 0 bridgehead atoms. The van der Waals surface area contributed by atoms with Gasteiger partial charge in [0.15, 0.2) is 0 Å². The number of aromatic nitrogens is 1. The molecule has 0 aliphatic carbocycles. The molecule has 4 heteroatoms. The summed E-state index contributed by atoms with van der Waals surface area (Å²) in [6.07, 6.45) is 1.67. The van der Waals surface area contributed by atoms with Crippen LogP contribution < -0.4 is 4.74 Å². The van der Waals surface area contributed by atoms with E-state index in [0.29, 0.717) is 16.8 Å². The van der Waals surface area contributed by atoms with Gasteiger partial charge in [0.05, 0.1) is 0 Å². The van der Waals surface area contributed by atoms with E-state index in [1.165, 1.54) is 5.56 Å². The van der Waals surface area contributed by atoms with E-state index in [1.54, 1.807) is 12.3 Å². The normalized spacial score (nSPS) is 11.4. The summed E-state index contributed by atoms with van der Waals surface area (Å²) in [6.45, 7) is 6.48. The molecular weight excluding hydrogens is 293 g/mol. The van der Waals surface area contributed by atoms with Gasteiger partial charge in [0.1, 0.15) is 10.8 Å². The van der Waals surface area contributed by atoms with Crippen molar-refractivity contribution < 1.29 is 4.74 Å². The largest absolute Gasteiger partial charge is 0.438 e. The number of benzene rings is 1. The predicted octanol–water partition coefficient (Wildman–Crippen LogP) is 5.56. The van der Waals surface area contributed by atoms with Gasteiger partial charge in [-0.15, -0.1) is 11.6 Å². The molecule has 0 radical (unpaired) electrons. The Balaban J connectivity index is 2.26. The fourth-order valence-corrected chi connectivity index (χ4v) is 2.12. The van der Waals surface area contributed by atoms with Crippen LogP contribution in [0, 0.1) is 0 Å². The average Bonchev–Trinajstić information content (AvgIpc) is 2.40. The second kappa shape index (κ2) is 6.02. The van der Waals surface area contributed by atoms with Crippen LogP contribution in [0.1, 0.15) is 31.9 Å². The van der Waals surface area contributed by atoms with Gasteiger partial charge in [-0.1, -0.05) is 44.5 Å². The van der Waals surface area contributed by atoms with Crippen LogP contribution in [0.15, 0.2) is 36.5 Å². The van der Waals surface area contributed by atoms with E-state index in [4.69, 9.17) is 27.9 Å². The minimum atomic E-state index is 0.0685. The van der Waals surface area contributed by atoms with Crippen LogP contribution in [0.5, 0.6) is 11.6 Å². The number of rotatable bonds is 3. The van der Waals surface area contributed by atoms with E-state index >= 15 is 0 Å². The van der Waals surface area contributed by atoms with Crippen LogP contribution in [0.2, 0.25) is 5.02 Å². The molecule has 0 amide bonds. The highest BCUT2D eigenvalue weighted by atomic mass is 35.5. The summed E-state index contributed by atoms with van der Waals surface area (Å²) in [5, 5.41) is 0.462. The van der Waals surface area contributed by atoms with Crippen molar-refractivity contribution in [2.45, 2.75) is 32.1 Å². The fourth-order valence-electron chi connectivity index (χ4n) is 1.75. The van der Waals surface area contributed by atoms with Gasteiger partial charge in [0, 0.05) is 12.1 Å². The number of hydrogen-bond acceptors (Lipinski definition) is 2. The fraction of sp³-hybridized carbons (Fsp3) is 0.312. The van der Waals surface area contributed by atoms with Crippen LogP contribution in [-0.4, -0.2) is 4.98 Å². The molecular formula is C16H17Cl2NO. The lowest BCUT2D eigenvalue weighted by Gasteiger charge is -2.19. The molecule has 1 aromatic carbocycles. The Hall–Kier alpha value is -1.25. The van der Waals surface area contributed by atoms with Crippen molar-refractivity contribution in [3.05, 3.63) is 52.7 Å². The molecule has 0 saturated carbocycles. The van der Waals surface area contributed by atoms with Gasteiger partial charge >= 0.3 is 0 Å². The van der Waals surface area contributed by atoms with Crippen molar-refractivity contribution in [1.29, 1.82) is 0 Å². The van der Waals surface area contributed by atoms with Gasteiger partial charge in [-0.2, -0.15) is 0 Å². The highest BCUT2D eigenvalue weighted by Crippen LogP contribution is 2.31. The van der Waals surface area contributed by atoms with E-state index in [1.807, 2.05) is 18.2 Å². The summed E-state index contributed by atoms with van der Waals surface area (Å²) in [7, 11) is 0. The van der Waals surface area contributed by atoms with E-state index in [9.17, 15) is 0 Å². The molecule has 0 atom stereocenters. The van der Waals surface area contributed by atoms with E-state index in [0.717, 1.165) is 11.3 Å². The summed E-state index contributed by atoms with van der Waals surface area (Å²) in [5.74, 6) is 1.50. The molecule has 0 saturated heterocycles. The Morgan fingerprint density at radius 3 is 2.55 bits per heavy atom. The second-order valence-electron chi connectivity index (χ2n) is 5.64. The summed E-state index contributed by atoms with van der Waals surface area (Å²) in [4.78, 5) is 4.20. The number of halogens is 2. The number of pyridine rings is 1. The average molecular weight is 310 g/mol. The first-order valence-electron chi connectivity index (χ1n) is 6.39. The monoisotopic (exact) mass is 309 g/mol. The van der Waals surface area contributed by atoms with Gasteiger partial charge in [0.25, 0.3) is 0 Å². The summed E-state index contributed by atoms with van der Waals surface area (Å²) in [5.41, 5.74) is 2.13. The zero-order chi connectivity index (χ0) is 14.8.